The number of nitrogens with two attached hydrogens (primary N) is 2. The Kier molecular flexibility index (Phi) is 14.1. The van der Waals surface area contributed by atoms with Crippen molar-refractivity contribution in [3.8, 4) is 23.0 Å². The highest BCUT2D eigenvalue weighted by Crippen LogP contribution is 2.61. The number of piperazine rings is 2. The molecule has 0 spiro atoms. The fraction of sp³-hybridized carbons (Fsp3) is 0.379. The van der Waals surface area contributed by atoms with Gasteiger partial charge >= 0.3 is 0 Å². The number of hydrogen-bond donors (Lipinski definition) is 8. The number of Topliss-reactive ketones (excluding diaryl/α,β-unsaturated/α-hetero) is 2. The maximum Gasteiger partial charge on any atom is 0.271 e. The van der Waals surface area contributed by atoms with Gasteiger partial charge in [-0.05, 0) is 115 Å². The molecule has 444 valence electrons. The number of hydrogen-bond acceptors (Lipinski definition) is 18. The van der Waals surface area contributed by atoms with Crippen molar-refractivity contribution in [2.45, 2.75) is 86.5 Å². The van der Waals surface area contributed by atoms with Crippen LogP contribution in [0.25, 0.3) is 0 Å². The number of ether oxygens (including phenoxy) is 4. The van der Waals surface area contributed by atoms with Crippen molar-refractivity contribution in [2.75, 3.05) is 77.9 Å². The van der Waals surface area contributed by atoms with Crippen molar-refractivity contribution in [2.24, 2.45) is 0 Å². The molecular weight excluding hydrogens is 1120 g/mol. The zero-order chi connectivity index (χ0) is 60.4. The molecule has 0 saturated carbocycles. The summed E-state index contributed by atoms with van der Waals surface area (Å²) in [4.78, 5) is 65.9. The number of carbonyl (C=O) groups excluding carboxylic acids is 4. The van der Waals surface area contributed by atoms with Crippen LogP contribution in [0, 0.1) is 13.8 Å². The first kappa shape index (κ1) is 58.0. The molecule has 6 aliphatic rings. The number of ketones is 2. The quantitative estimate of drug-likeness (QED) is 0.0814. The number of rotatable bonds is 12. The summed E-state index contributed by atoms with van der Waals surface area (Å²) in [7, 11) is -3.96. The van der Waals surface area contributed by atoms with Gasteiger partial charge in [0.2, 0.25) is 22.6 Å². The summed E-state index contributed by atoms with van der Waals surface area (Å²) >= 11 is 0. The normalized spacial score (nSPS) is 23.8. The van der Waals surface area contributed by atoms with Gasteiger partial charge in [0.1, 0.15) is 44.4 Å². The predicted octanol–water partition coefficient (Wildman–Crippen LogP) is 3.38. The average Bonchev–Trinajstić information content (AvgIpc) is 1.52. The molecule has 0 bridgehead atoms. The molecule has 84 heavy (non-hydrogen) atoms. The smallest absolute Gasteiger partial charge is 0.271 e. The van der Waals surface area contributed by atoms with Crippen molar-refractivity contribution in [1.82, 2.24) is 39.0 Å². The van der Waals surface area contributed by atoms with Crippen LogP contribution in [0.4, 0.5) is 11.4 Å². The molecule has 0 unspecified atom stereocenters. The van der Waals surface area contributed by atoms with E-state index in [1.165, 1.54) is 45.0 Å². The Morgan fingerprint density at radius 3 is 1.27 bits per heavy atom. The molecule has 4 aromatic carbocycles. The molecule has 2 fully saturated rings. The number of fused-ring (bicyclic) bond motifs is 10. The molecule has 2 amide bonds. The van der Waals surface area contributed by atoms with E-state index in [0.29, 0.717) is 75.0 Å². The lowest BCUT2D eigenvalue weighted by molar-refractivity contribution is -0.169. The molecule has 4 aliphatic heterocycles. The number of aromatic nitrogens is 2. The fourth-order valence-corrected chi connectivity index (χ4v) is 15.0. The molecule has 6 aromatic rings. The van der Waals surface area contributed by atoms with Crippen LogP contribution in [-0.2, 0) is 42.7 Å². The summed E-state index contributed by atoms with van der Waals surface area (Å²) in [6, 6.07) is 21.6. The third-order valence-corrected chi connectivity index (χ3v) is 19.9. The second kappa shape index (κ2) is 20.5. The number of amides is 2. The highest BCUT2D eigenvalue weighted by atomic mass is 32.2. The second-order valence-electron chi connectivity index (χ2n) is 22.5. The monoisotopic (exact) mass is 1190 g/mol. The van der Waals surface area contributed by atoms with Crippen LogP contribution in [0.5, 0.6) is 23.0 Å². The van der Waals surface area contributed by atoms with Gasteiger partial charge < -0.3 is 71.0 Å². The number of nitrogen functional groups attached to an aromatic ring is 2. The van der Waals surface area contributed by atoms with Crippen LogP contribution in [-0.4, -0.2) is 157 Å². The molecule has 2 aliphatic carbocycles. The van der Waals surface area contributed by atoms with E-state index in [1.807, 2.05) is 51.6 Å². The predicted molar refractivity (Wildman–Crippen MR) is 306 cm³/mol. The van der Waals surface area contributed by atoms with Gasteiger partial charge in [-0.15, -0.1) is 0 Å². The van der Waals surface area contributed by atoms with Crippen LogP contribution >= 0.6 is 0 Å². The summed E-state index contributed by atoms with van der Waals surface area (Å²) in [5.41, 5.74) is 9.66. The number of likely N-dealkylation sites (N-methyl/N-ethyl adjacent to an activating group) is 2. The minimum Gasteiger partial charge on any atom is -0.491 e. The number of nitrogens with one attached hydrogen (secondary N) is 4. The summed E-state index contributed by atoms with van der Waals surface area (Å²) in [5.74, 6) is -6.38. The Morgan fingerprint density at radius 1 is 0.571 bits per heavy atom. The van der Waals surface area contributed by atoms with Gasteiger partial charge in [0.25, 0.3) is 43.4 Å². The van der Waals surface area contributed by atoms with Gasteiger partial charge in [0, 0.05) is 98.1 Å². The van der Waals surface area contributed by atoms with Gasteiger partial charge in [-0.1, -0.05) is 24.3 Å². The number of carbonyl (C=O) groups is 4. The molecule has 10 N–H and O–H groups in total. The number of aliphatic hydroxyl groups is 2. The van der Waals surface area contributed by atoms with Crippen LogP contribution < -0.4 is 41.0 Å². The minimum atomic E-state index is -3.90. The summed E-state index contributed by atoms with van der Waals surface area (Å²) in [6.07, 6.45) is -0.287. The van der Waals surface area contributed by atoms with E-state index in [1.54, 1.807) is 62.4 Å². The molecular formula is C58H66N10O14S2. The van der Waals surface area contributed by atoms with Crippen molar-refractivity contribution >= 4 is 54.8 Å². The molecule has 2 saturated heterocycles. The van der Waals surface area contributed by atoms with Gasteiger partial charge in [-0.25, -0.2) is 16.8 Å². The molecule has 2 aromatic heterocycles. The van der Waals surface area contributed by atoms with Gasteiger partial charge in [-0.2, -0.15) is 8.61 Å². The van der Waals surface area contributed by atoms with Crippen LogP contribution in [0.1, 0.15) is 103 Å². The van der Waals surface area contributed by atoms with E-state index in [2.05, 4.69) is 20.6 Å². The standard InChI is InChI=1S/2C29H33N5O7S/c2*1-16(2)40-18-8-9-19-22(15-18)41-29(37)20-6-5-7-21(30)24(20)26(35)28(19,29)32-27(36)25-17(3)14-23(31-25)42(38,39)34-12-10-33(4)11-13-34/h2*5-9,14-16,31,37H,10-13,30H2,1-4H3,(H,32,36)/t2*28-,29-/m10/s1. The fourth-order valence-electron chi connectivity index (χ4n) is 12.0. The Bertz CT molecular complexity index is 3710. The first-order chi connectivity index (χ1) is 39.6. The third kappa shape index (κ3) is 8.82. The van der Waals surface area contributed by atoms with Crippen LogP contribution in [0.3, 0.4) is 0 Å². The van der Waals surface area contributed by atoms with E-state index in [0.717, 1.165) is 0 Å². The van der Waals surface area contributed by atoms with Gasteiger partial charge in [-0.3, -0.25) is 19.2 Å². The molecule has 4 atom stereocenters. The zero-order valence-corrected chi connectivity index (χ0v) is 49.1. The number of anilines is 2. The molecule has 26 heteroatoms. The van der Waals surface area contributed by atoms with E-state index < -0.39 is 66.1 Å². The van der Waals surface area contributed by atoms with E-state index >= 15 is 0 Å². The highest BCUT2D eigenvalue weighted by molar-refractivity contribution is 7.89. The van der Waals surface area contributed by atoms with E-state index in [-0.39, 0.29) is 89.9 Å². The average molecular weight is 1190 g/mol. The van der Waals surface area contributed by atoms with Gasteiger partial charge in [0.15, 0.2) is 0 Å². The maximum absolute atomic E-state index is 14.2. The van der Waals surface area contributed by atoms with Crippen LogP contribution in [0.2, 0.25) is 0 Å². The van der Waals surface area contributed by atoms with E-state index in [9.17, 15) is 46.2 Å². The minimum absolute atomic E-state index is 0.0370. The largest absolute Gasteiger partial charge is 0.491 e. The van der Waals surface area contributed by atoms with Crippen LogP contribution in [0.15, 0.2) is 95.0 Å². The van der Waals surface area contributed by atoms with Crippen molar-refractivity contribution in [3.63, 3.8) is 0 Å². The lowest BCUT2D eigenvalue weighted by atomic mass is 9.82. The zero-order valence-electron chi connectivity index (χ0n) is 47.4. The second-order valence-corrected chi connectivity index (χ2v) is 26.4. The number of aryl methyl sites for hydroxylation is 2. The lowest BCUT2D eigenvalue weighted by Gasteiger charge is -2.34. The first-order valence-corrected chi connectivity index (χ1v) is 30.2. The number of aromatic amines is 2. The highest BCUT2D eigenvalue weighted by Gasteiger charge is 2.74. The summed E-state index contributed by atoms with van der Waals surface area (Å²) < 4.78 is 79.9. The molecule has 12 rings (SSSR count). The third-order valence-electron chi connectivity index (χ3n) is 16.2. The van der Waals surface area contributed by atoms with Gasteiger partial charge in [0.05, 0.1) is 23.3 Å². The maximum atomic E-state index is 14.2. The van der Waals surface area contributed by atoms with Crippen molar-refractivity contribution < 1.29 is 65.2 Å². The number of H-pyrrole nitrogens is 2. The summed E-state index contributed by atoms with van der Waals surface area (Å²) in [5, 5.41) is 29.5. The topological polar surface area (TPSA) is 335 Å². The van der Waals surface area contributed by atoms with E-state index in [4.69, 9.17) is 30.4 Å². The summed E-state index contributed by atoms with van der Waals surface area (Å²) in [6.45, 7) is 14.2. The Labute approximate surface area is 485 Å². The molecule has 6 heterocycles. The molecule has 0 radical (unpaired) electrons. The molecule has 24 nitrogen and oxygen atoms in total. The number of sulfonamides is 2. The Morgan fingerprint density at radius 2 is 0.929 bits per heavy atom. The lowest BCUT2D eigenvalue weighted by Crippen LogP contribution is -2.60. The Balaban J connectivity index is 0.000000175. The number of nitrogens with zero attached hydrogens (tertiary/aromatic N) is 4. The first-order valence-electron chi connectivity index (χ1n) is 27.3. The Hall–Kier alpha value is -7.82. The van der Waals surface area contributed by atoms with Crippen molar-refractivity contribution in [1.29, 1.82) is 0 Å². The van der Waals surface area contributed by atoms with Crippen molar-refractivity contribution in [3.05, 3.63) is 141 Å². The SMILES string of the molecule is Cc1cc(S(=O)(=O)N2CCN(C)CC2)[nH]c1C(=O)N[C@@]12C(=O)c3c(N)cccc3[C@]1(O)Oc1cc(OC(C)C)ccc12.Cc1cc(S(=O)(=O)N2CCN(C)CC2)[nH]c1C(=O)N[C@]12C(=O)c3c(N)cccc3[C@@]1(O)Oc1cc(OC(C)C)ccc12. The number of benzene rings is 4.